The topological polar surface area (TPSA) is 84.9 Å². The molecule has 1 saturated heterocycles. The van der Waals surface area contributed by atoms with Crippen LogP contribution in [0.3, 0.4) is 0 Å². The lowest BCUT2D eigenvalue weighted by molar-refractivity contribution is -0.274. The van der Waals surface area contributed by atoms with E-state index >= 15 is 0 Å². The summed E-state index contributed by atoms with van der Waals surface area (Å²) in [5.74, 6) is -1.64. The van der Waals surface area contributed by atoms with E-state index in [1.54, 1.807) is 6.07 Å². The number of para-hydroxylation sites is 1. The molecule has 1 heterocycles. The Morgan fingerprint density at radius 3 is 2.51 bits per heavy atom. The Hall–Kier alpha value is -3.27. The molecule has 188 valence electrons. The number of hydrogen-bond acceptors (Lipinski definition) is 5. The summed E-state index contributed by atoms with van der Waals surface area (Å²) >= 11 is 6.34. The number of carbonyl (C=O) groups is 3. The van der Waals surface area contributed by atoms with Crippen LogP contribution in [0.4, 0.5) is 18.9 Å². The zero-order chi connectivity index (χ0) is 25.6. The normalized spacial score (nSPS) is 15.9. The van der Waals surface area contributed by atoms with Gasteiger partial charge >= 0.3 is 12.3 Å². The summed E-state index contributed by atoms with van der Waals surface area (Å²) < 4.78 is 46.9. The molecule has 2 amide bonds. The van der Waals surface area contributed by atoms with Crippen LogP contribution in [0.5, 0.6) is 5.75 Å². The van der Waals surface area contributed by atoms with Crippen molar-refractivity contribution >= 4 is 35.1 Å². The minimum absolute atomic E-state index is 0.0591. The summed E-state index contributed by atoms with van der Waals surface area (Å²) in [6, 6.07) is 9.30. The SMILES string of the molecule is COC(=O)CCC(=O)N1CCCCC1C(=O)Nc1ccc(-c2ccccc2OC(F)(F)F)c(Cl)c1. The van der Waals surface area contributed by atoms with E-state index in [1.807, 2.05) is 0 Å². The van der Waals surface area contributed by atoms with Crippen molar-refractivity contribution in [1.29, 1.82) is 0 Å². The molecule has 1 N–H and O–H groups in total. The van der Waals surface area contributed by atoms with Gasteiger partial charge in [-0.2, -0.15) is 0 Å². The van der Waals surface area contributed by atoms with E-state index in [0.29, 0.717) is 24.2 Å². The molecule has 1 aliphatic heterocycles. The van der Waals surface area contributed by atoms with Crippen molar-refractivity contribution in [2.24, 2.45) is 0 Å². The molecule has 2 aromatic carbocycles. The van der Waals surface area contributed by atoms with E-state index in [-0.39, 0.29) is 29.3 Å². The Kier molecular flexibility index (Phi) is 8.61. The molecule has 1 unspecified atom stereocenters. The highest BCUT2D eigenvalue weighted by molar-refractivity contribution is 6.33. The third-order valence-corrected chi connectivity index (χ3v) is 5.85. The molecule has 3 rings (SSSR count). The lowest BCUT2D eigenvalue weighted by Gasteiger charge is -2.34. The van der Waals surface area contributed by atoms with Crippen molar-refractivity contribution in [3.8, 4) is 16.9 Å². The van der Waals surface area contributed by atoms with Crippen molar-refractivity contribution in [3.63, 3.8) is 0 Å². The van der Waals surface area contributed by atoms with Crippen molar-refractivity contribution < 1.29 is 37.0 Å². The maximum atomic E-state index is 13.0. The second-order valence-corrected chi connectivity index (χ2v) is 8.31. The zero-order valence-electron chi connectivity index (χ0n) is 18.9. The quantitative estimate of drug-likeness (QED) is 0.517. The lowest BCUT2D eigenvalue weighted by Crippen LogP contribution is -2.50. The van der Waals surface area contributed by atoms with Crippen LogP contribution < -0.4 is 10.1 Å². The van der Waals surface area contributed by atoms with Crippen LogP contribution in [-0.4, -0.2) is 48.7 Å². The Bertz CT molecular complexity index is 1090. The van der Waals surface area contributed by atoms with Crippen molar-refractivity contribution in [2.75, 3.05) is 19.0 Å². The molecule has 2 aromatic rings. The number of halogens is 4. The molecule has 1 fully saturated rings. The average Bonchev–Trinajstić information content (AvgIpc) is 2.82. The van der Waals surface area contributed by atoms with Gasteiger partial charge in [0, 0.05) is 29.8 Å². The van der Waals surface area contributed by atoms with Gasteiger partial charge in [0.15, 0.2) is 0 Å². The van der Waals surface area contributed by atoms with Crippen LogP contribution >= 0.6 is 11.6 Å². The number of rotatable bonds is 7. The van der Waals surface area contributed by atoms with Gasteiger partial charge in [-0.05, 0) is 37.5 Å². The summed E-state index contributed by atoms with van der Waals surface area (Å²) in [5.41, 5.74) is 0.759. The largest absolute Gasteiger partial charge is 0.573 e. The molecule has 0 radical (unpaired) electrons. The van der Waals surface area contributed by atoms with E-state index in [0.717, 1.165) is 12.8 Å². The second kappa shape index (κ2) is 11.4. The highest BCUT2D eigenvalue weighted by Crippen LogP contribution is 2.38. The van der Waals surface area contributed by atoms with E-state index in [1.165, 1.54) is 48.4 Å². The molecule has 1 aliphatic rings. The van der Waals surface area contributed by atoms with Gasteiger partial charge in [-0.15, -0.1) is 13.2 Å². The van der Waals surface area contributed by atoms with Gasteiger partial charge < -0.3 is 19.7 Å². The molecule has 0 saturated carbocycles. The second-order valence-electron chi connectivity index (χ2n) is 7.90. The molecule has 0 spiro atoms. The summed E-state index contributed by atoms with van der Waals surface area (Å²) in [7, 11) is 1.24. The Balaban J connectivity index is 1.74. The van der Waals surface area contributed by atoms with Crippen LogP contribution in [0.25, 0.3) is 11.1 Å². The lowest BCUT2D eigenvalue weighted by atomic mass is 10.00. The van der Waals surface area contributed by atoms with E-state index in [2.05, 4.69) is 14.8 Å². The van der Waals surface area contributed by atoms with Gasteiger partial charge in [-0.1, -0.05) is 35.9 Å². The number of benzene rings is 2. The average molecular weight is 513 g/mol. The first-order chi connectivity index (χ1) is 16.6. The van der Waals surface area contributed by atoms with Gasteiger partial charge in [0.2, 0.25) is 11.8 Å². The fourth-order valence-electron chi connectivity index (χ4n) is 3.90. The Labute approximate surface area is 205 Å². The molecule has 7 nitrogen and oxygen atoms in total. The Morgan fingerprint density at radius 1 is 1.09 bits per heavy atom. The minimum atomic E-state index is -4.86. The van der Waals surface area contributed by atoms with E-state index < -0.39 is 30.0 Å². The van der Waals surface area contributed by atoms with Crippen LogP contribution in [0.15, 0.2) is 42.5 Å². The number of nitrogens with one attached hydrogen (secondary N) is 1. The number of alkyl halides is 3. The first kappa shape index (κ1) is 26.3. The number of amides is 2. The third kappa shape index (κ3) is 7.11. The van der Waals surface area contributed by atoms with E-state index in [4.69, 9.17) is 11.6 Å². The first-order valence-corrected chi connectivity index (χ1v) is 11.3. The predicted molar refractivity (Wildman–Crippen MR) is 123 cm³/mol. The molecular weight excluding hydrogens is 489 g/mol. The number of methoxy groups -OCH3 is 1. The molecule has 0 bridgehead atoms. The monoisotopic (exact) mass is 512 g/mol. The highest BCUT2D eigenvalue weighted by Gasteiger charge is 2.33. The standard InChI is InChI=1S/C24H24ClF3N2O5/c1-34-22(32)12-11-21(31)30-13-5-4-7-19(30)23(33)29-15-9-10-16(18(25)14-15)17-6-2-3-8-20(17)35-24(26,27)28/h2-3,6,8-10,14,19H,4-5,7,11-13H2,1H3,(H,29,33). The highest BCUT2D eigenvalue weighted by atomic mass is 35.5. The van der Waals surface area contributed by atoms with Crippen molar-refractivity contribution in [1.82, 2.24) is 4.90 Å². The number of esters is 1. The van der Waals surface area contributed by atoms with E-state index in [9.17, 15) is 27.6 Å². The fraction of sp³-hybridized carbons (Fsp3) is 0.375. The summed E-state index contributed by atoms with van der Waals surface area (Å²) in [5, 5.41) is 2.83. The van der Waals surface area contributed by atoms with Crippen LogP contribution in [0.1, 0.15) is 32.1 Å². The number of anilines is 1. The smallest absolute Gasteiger partial charge is 0.469 e. The minimum Gasteiger partial charge on any atom is -0.469 e. The first-order valence-electron chi connectivity index (χ1n) is 10.9. The molecular formula is C24H24ClF3N2O5. The molecule has 0 aliphatic carbocycles. The van der Waals surface area contributed by atoms with Crippen molar-refractivity contribution in [3.05, 3.63) is 47.5 Å². The maximum Gasteiger partial charge on any atom is 0.573 e. The zero-order valence-corrected chi connectivity index (χ0v) is 19.6. The van der Waals surface area contributed by atoms with Crippen LogP contribution in [-0.2, 0) is 19.1 Å². The number of hydrogen-bond donors (Lipinski definition) is 1. The summed E-state index contributed by atoms with van der Waals surface area (Å²) in [6.45, 7) is 0.397. The maximum absolute atomic E-state index is 13.0. The van der Waals surface area contributed by atoms with Crippen molar-refractivity contribution in [2.45, 2.75) is 44.5 Å². The fourth-order valence-corrected chi connectivity index (χ4v) is 4.18. The van der Waals surface area contributed by atoms with Gasteiger partial charge in [-0.25, -0.2) is 0 Å². The summed E-state index contributed by atoms with van der Waals surface area (Å²) in [4.78, 5) is 38.4. The molecule has 35 heavy (non-hydrogen) atoms. The van der Waals surface area contributed by atoms with Crippen LogP contribution in [0.2, 0.25) is 5.02 Å². The van der Waals surface area contributed by atoms with Gasteiger partial charge in [0.1, 0.15) is 11.8 Å². The number of carbonyl (C=O) groups excluding carboxylic acids is 3. The summed E-state index contributed by atoms with van der Waals surface area (Å²) in [6.07, 6.45) is -3.03. The number of piperidine rings is 1. The number of nitrogens with zero attached hydrogens (tertiary/aromatic N) is 1. The molecule has 11 heteroatoms. The van der Waals surface area contributed by atoms with Gasteiger partial charge in [-0.3, -0.25) is 14.4 Å². The molecule has 0 aromatic heterocycles. The predicted octanol–water partition coefficient (Wildman–Crippen LogP) is 5.18. The molecule has 1 atom stereocenters. The third-order valence-electron chi connectivity index (χ3n) is 5.54. The van der Waals surface area contributed by atoms with Gasteiger partial charge in [0.25, 0.3) is 0 Å². The Morgan fingerprint density at radius 2 is 1.83 bits per heavy atom. The number of ether oxygens (including phenoxy) is 2. The van der Waals surface area contributed by atoms with Crippen LogP contribution in [0, 0.1) is 0 Å². The number of likely N-dealkylation sites (tertiary alicyclic amines) is 1. The van der Waals surface area contributed by atoms with Gasteiger partial charge in [0.05, 0.1) is 18.6 Å².